The van der Waals surface area contributed by atoms with Crippen molar-refractivity contribution < 1.29 is 9.59 Å². The molecule has 1 aliphatic heterocycles. The molecule has 136 valence electrons. The van der Waals surface area contributed by atoms with E-state index in [-0.39, 0.29) is 11.8 Å². The summed E-state index contributed by atoms with van der Waals surface area (Å²) in [4.78, 5) is 26.0. The van der Waals surface area contributed by atoms with E-state index in [4.69, 9.17) is 11.6 Å². The molecule has 26 heavy (non-hydrogen) atoms. The number of nitrogens with one attached hydrogen (secondary N) is 1. The number of anilines is 1. The second kappa shape index (κ2) is 8.37. The Balaban J connectivity index is 1.73. The molecule has 2 aromatic rings. The number of nitrogens with zero attached hydrogens (tertiary/aromatic N) is 1. The van der Waals surface area contributed by atoms with Crippen LogP contribution < -0.4 is 5.32 Å². The predicted molar refractivity (Wildman–Crippen MR) is 105 cm³/mol. The molecule has 4 nitrogen and oxygen atoms in total. The monoisotopic (exact) mass is 370 g/mol. The summed E-state index contributed by atoms with van der Waals surface area (Å²) in [5.41, 5.74) is 2.58. The second-order valence-electron chi connectivity index (χ2n) is 6.75. The van der Waals surface area contributed by atoms with Crippen LogP contribution in [-0.2, 0) is 4.79 Å². The maximum atomic E-state index is 12.9. The van der Waals surface area contributed by atoms with E-state index in [1.54, 1.807) is 24.3 Å². The highest BCUT2D eigenvalue weighted by Crippen LogP contribution is 2.28. The van der Waals surface area contributed by atoms with Gasteiger partial charge in [0.05, 0.1) is 0 Å². The van der Waals surface area contributed by atoms with Gasteiger partial charge in [-0.3, -0.25) is 9.59 Å². The number of amides is 2. The van der Waals surface area contributed by atoms with Gasteiger partial charge in [-0.15, -0.1) is 0 Å². The average molecular weight is 371 g/mol. The molecular formula is C21H23ClN2O2. The van der Waals surface area contributed by atoms with Crippen LogP contribution in [0.1, 0.15) is 48.0 Å². The Kier molecular flexibility index (Phi) is 5.94. The molecular weight excluding hydrogens is 348 g/mol. The van der Waals surface area contributed by atoms with Crippen molar-refractivity contribution in [1.82, 2.24) is 4.90 Å². The van der Waals surface area contributed by atoms with Crippen molar-refractivity contribution >= 4 is 29.1 Å². The lowest BCUT2D eigenvalue weighted by atomic mass is 9.94. The highest BCUT2D eigenvalue weighted by molar-refractivity contribution is 6.30. The zero-order chi connectivity index (χ0) is 18.5. The Labute approximate surface area is 159 Å². The number of rotatable bonds is 3. The third kappa shape index (κ3) is 4.64. The lowest BCUT2D eigenvalue weighted by molar-refractivity contribution is -0.114. The first-order valence-corrected chi connectivity index (χ1v) is 9.33. The molecule has 0 radical (unpaired) electrons. The fourth-order valence-electron chi connectivity index (χ4n) is 3.42. The Morgan fingerprint density at radius 2 is 1.73 bits per heavy atom. The van der Waals surface area contributed by atoms with Crippen LogP contribution >= 0.6 is 11.6 Å². The summed E-state index contributed by atoms with van der Waals surface area (Å²) in [5.74, 6) is 0.250. The summed E-state index contributed by atoms with van der Waals surface area (Å²) in [6, 6.07) is 15.0. The number of carbonyl (C=O) groups is 2. The molecule has 0 spiro atoms. The lowest BCUT2D eigenvalue weighted by Gasteiger charge is -2.25. The van der Waals surface area contributed by atoms with Crippen LogP contribution in [0.3, 0.4) is 0 Å². The molecule has 1 atom stereocenters. The Bertz CT molecular complexity index is 772. The van der Waals surface area contributed by atoms with Crippen LogP contribution in [0, 0.1) is 0 Å². The summed E-state index contributed by atoms with van der Waals surface area (Å²) in [5, 5.41) is 3.45. The van der Waals surface area contributed by atoms with Gasteiger partial charge in [0.15, 0.2) is 0 Å². The summed E-state index contributed by atoms with van der Waals surface area (Å²) in [6.07, 6.45) is 3.20. The predicted octanol–water partition coefficient (Wildman–Crippen LogP) is 4.71. The van der Waals surface area contributed by atoms with E-state index in [0.29, 0.717) is 23.7 Å². The van der Waals surface area contributed by atoms with Crippen molar-refractivity contribution in [3.63, 3.8) is 0 Å². The Morgan fingerprint density at radius 1 is 1.04 bits per heavy atom. The van der Waals surface area contributed by atoms with E-state index in [1.165, 1.54) is 12.5 Å². The number of likely N-dealkylation sites (tertiary alicyclic amines) is 1. The molecule has 0 aromatic heterocycles. The van der Waals surface area contributed by atoms with Crippen LogP contribution in [0.2, 0.25) is 5.02 Å². The van der Waals surface area contributed by atoms with E-state index in [1.807, 2.05) is 17.0 Å². The van der Waals surface area contributed by atoms with Gasteiger partial charge in [-0.1, -0.05) is 30.2 Å². The van der Waals surface area contributed by atoms with Crippen molar-refractivity contribution in [2.75, 3.05) is 18.4 Å². The third-order valence-electron chi connectivity index (χ3n) is 4.75. The number of hydrogen-bond donors (Lipinski definition) is 1. The van der Waals surface area contributed by atoms with Gasteiger partial charge < -0.3 is 10.2 Å². The molecule has 2 amide bonds. The first-order valence-electron chi connectivity index (χ1n) is 8.95. The van der Waals surface area contributed by atoms with Crippen LogP contribution in [-0.4, -0.2) is 29.8 Å². The summed E-state index contributed by atoms with van der Waals surface area (Å²) >= 11 is 6.00. The molecule has 2 aromatic carbocycles. The smallest absolute Gasteiger partial charge is 0.253 e. The quantitative estimate of drug-likeness (QED) is 0.850. The van der Waals surface area contributed by atoms with Crippen LogP contribution in [0.5, 0.6) is 0 Å². The van der Waals surface area contributed by atoms with Gasteiger partial charge in [0.2, 0.25) is 5.91 Å². The molecule has 1 saturated heterocycles. The fourth-order valence-corrected chi connectivity index (χ4v) is 3.54. The van der Waals surface area contributed by atoms with Crippen LogP contribution in [0.25, 0.3) is 0 Å². The summed E-state index contributed by atoms with van der Waals surface area (Å²) < 4.78 is 0. The molecule has 0 aliphatic carbocycles. The summed E-state index contributed by atoms with van der Waals surface area (Å²) in [7, 11) is 0. The first kappa shape index (κ1) is 18.5. The van der Waals surface area contributed by atoms with Gasteiger partial charge in [0.25, 0.3) is 5.91 Å². The van der Waals surface area contributed by atoms with E-state index in [0.717, 1.165) is 30.8 Å². The minimum Gasteiger partial charge on any atom is -0.338 e. The molecule has 1 fully saturated rings. The van der Waals surface area contributed by atoms with Gasteiger partial charge in [-0.05, 0) is 54.8 Å². The highest BCUT2D eigenvalue weighted by Gasteiger charge is 2.24. The lowest BCUT2D eigenvalue weighted by Crippen LogP contribution is -2.34. The van der Waals surface area contributed by atoms with E-state index < -0.39 is 0 Å². The average Bonchev–Trinajstić information content (AvgIpc) is 2.88. The van der Waals surface area contributed by atoms with Crippen molar-refractivity contribution in [2.45, 2.75) is 32.1 Å². The number of benzene rings is 2. The fraction of sp³-hybridized carbons (Fsp3) is 0.333. The largest absolute Gasteiger partial charge is 0.338 e. The van der Waals surface area contributed by atoms with Crippen molar-refractivity contribution in [1.29, 1.82) is 0 Å². The van der Waals surface area contributed by atoms with Crippen LogP contribution in [0.15, 0.2) is 48.5 Å². The first-order chi connectivity index (χ1) is 12.5. The van der Waals surface area contributed by atoms with Gasteiger partial charge in [0.1, 0.15) is 0 Å². The number of hydrogen-bond acceptors (Lipinski definition) is 2. The molecule has 0 saturated carbocycles. The molecule has 3 rings (SSSR count). The maximum Gasteiger partial charge on any atom is 0.253 e. The normalized spacial score (nSPS) is 17.5. The minimum absolute atomic E-state index is 0.0419. The topological polar surface area (TPSA) is 49.4 Å². The molecule has 0 bridgehead atoms. The zero-order valence-electron chi connectivity index (χ0n) is 14.9. The van der Waals surface area contributed by atoms with Crippen LogP contribution in [0.4, 0.5) is 5.69 Å². The zero-order valence-corrected chi connectivity index (χ0v) is 15.6. The van der Waals surface area contributed by atoms with Gasteiger partial charge in [-0.25, -0.2) is 0 Å². The van der Waals surface area contributed by atoms with E-state index in [2.05, 4.69) is 17.4 Å². The Hall–Kier alpha value is -2.33. The van der Waals surface area contributed by atoms with Gasteiger partial charge >= 0.3 is 0 Å². The standard InChI is InChI=1S/C21H23ClN2O2/c1-15(25)23-20-11-7-17(8-12-20)21(26)24-13-3-2-4-18(14-24)16-5-9-19(22)10-6-16/h5-12,18H,2-4,13-14H2,1H3,(H,23,25). The van der Waals surface area contributed by atoms with E-state index in [9.17, 15) is 9.59 Å². The van der Waals surface area contributed by atoms with Crippen molar-refractivity contribution in [3.05, 3.63) is 64.7 Å². The Morgan fingerprint density at radius 3 is 2.38 bits per heavy atom. The van der Waals surface area contributed by atoms with E-state index >= 15 is 0 Å². The molecule has 1 aliphatic rings. The second-order valence-corrected chi connectivity index (χ2v) is 7.19. The molecule has 1 unspecified atom stereocenters. The highest BCUT2D eigenvalue weighted by atomic mass is 35.5. The van der Waals surface area contributed by atoms with Crippen molar-refractivity contribution in [2.24, 2.45) is 0 Å². The molecule has 1 N–H and O–H groups in total. The SMILES string of the molecule is CC(=O)Nc1ccc(C(=O)N2CCCCC(c3ccc(Cl)cc3)C2)cc1. The van der Waals surface area contributed by atoms with Gasteiger partial charge in [0, 0.05) is 42.2 Å². The summed E-state index contributed by atoms with van der Waals surface area (Å²) in [6.45, 7) is 2.96. The number of carbonyl (C=O) groups excluding carboxylic acids is 2. The van der Waals surface area contributed by atoms with Crippen molar-refractivity contribution in [3.8, 4) is 0 Å². The maximum absolute atomic E-state index is 12.9. The number of halogens is 1. The third-order valence-corrected chi connectivity index (χ3v) is 5.00. The minimum atomic E-state index is -0.123. The van der Waals surface area contributed by atoms with Gasteiger partial charge in [-0.2, -0.15) is 0 Å². The molecule has 1 heterocycles. The molecule has 5 heteroatoms.